The predicted octanol–water partition coefficient (Wildman–Crippen LogP) is 4.07. The molecular weight excluding hydrogens is 435 g/mol. The maximum atomic E-state index is 12.7. The van der Waals surface area contributed by atoms with Crippen molar-refractivity contribution in [1.82, 2.24) is 5.43 Å². The Labute approximate surface area is 171 Å². The van der Waals surface area contributed by atoms with Crippen LogP contribution in [0.25, 0.3) is 0 Å². The molecule has 0 saturated carbocycles. The summed E-state index contributed by atoms with van der Waals surface area (Å²) in [5, 5.41) is 10.8. The molecular formula is C17H13ClF3N3O6. The van der Waals surface area contributed by atoms with Crippen molar-refractivity contribution in [2.24, 2.45) is 0 Å². The first-order valence-electron chi connectivity index (χ1n) is 8.09. The van der Waals surface area contributed by atoms with Crippen molar-refractivity contribution in [1.29, 1.82) is 0 Å². The second-order valence-corrected chi connectivity index (χ2v) is 5.89. The Morgan fingerprint density at radius 1 is 1.20 bits per heavy atom. The molecule has 0 radical (unpaired) electrons. The van der Waals surface area contributed by atoms with Crippen LogP contribution in [0.15, 0.2) is 36.4 Å². The fourth-order valence-corrected chi connectivity index (χ4v) is 2.32. The Hall–Kier alpha value is -3.54. The summed E-state index contributed by atoms with van der Waals surface area (Å²) >= 11 is 5.82. The van der Waals surface area contributed by atoms with Crippen LogP contribution in [0.1, 0.15) is 12.5 Å². The number of nitrogens with zero attached hydrogens (tertiary/aromatic N) is 1. The number of carbonyl (C=O) groups excluding carboxylic acids is 2. The number of esters is 1. The van der Waals surface area contributed by atoms with Crippen molar-refractivity contribution in [3.8, 4) is 11.5 Å². The molecule has 9 nitrogen and oxygen atoms in total. The summed E-state index contributed by atoms with van der Waals surface area (Å²) in [5.74, 6) is -2.60. The fraction of sp³-hybridized carbons (Fsp3) is 0.176. The Morgan fingerprint density at radius 2 is 1.90 bits per heavy atom. The van der Waals surface area contributed by atoms with Gasteiger partial charge in [-0.15, -0.1) is 0 Å². The Kier molecular flexibility index (Phi) is 7.06. The molecule has 2 N–H and O–H groups in total. The first-order chi connectivity index (χ1) is 14.0. The van der Waals surface area contributed by atoms with E-state index in [-0.39, 0.29) is 28.8 Å². The van der Waals surface area contributed by atoms with Crippen molar-refractivity contribution in [3.05, 3.63) is 57.1 Å². The molecule has 0 fully saturated rings. The average molecular weight is 448 g/mol. The summed E-state index contributed by atoms with van der Waals surface area (Å²) in [7, 11) is 0. The summed E-state index contributed by atoms with van der Waals surface area (Å²) in [6.07, 6.45) is -4.59. The molecule has 0 aliphatic heterocycles. The van der Waals surface area contributed by atoms with Gasteiger partial charge in [0.1, 0.15) is 17.2 Å². The minimum atomic E-state index is -4.59. The Balaban J connectivity index is 2.24. The highest BCUT2D eigenvalue weighted by Crippen LogP contribution is 2.37. The maximum absolute atomic E-state index is 12.7. The second-order valence-electron chi connectivity index (χ2n) is 5.48. The van der Waals surface area contributed by atoms with Gasteiger partial charge in [0.15, 0.2) is 0 Å². The number of ether oxygens (including phenoxy) is 2. The summed E-state index contributed by atoms with van der Waals surface area (Å²) in [6.45, 7) is 1.43. The van der Waals surface area contributed by atoms with Gasteiger partial charge in [-0.1, -0.05) is 11.6 Å². The van der Waals surface area contributed by atoms with E-state index in [0.29, 0.717) is 6.07 Å². The van der Waals surface area contributed by atoms with Gasteiger partial charge in [0.25, 0.3) is 5.69 Å². The highest BCUT2D eigenvalue weighted by atomic mass is 35.5. The number of hydrogen-bond donors (Lipinski definition) is 2. The van der Waals surface area contributed by atoms with Crippen molar-refractivity contribution >= 4 is 34.9 Å². The third-order valence-corrected chi connectivity index (χ3v) is 3.72. The number of alkyl halides is 3. The average Bonchev–Trinajstić information content (AvgIpc) is 2.66. The van der Waals surface area contributed by atoms with Gasteiger partial charge in [-0.2, -0.15) is 13.2 Å². The van der Waals surface area contributed by atoms with Crippen LogP contribution in [0, 0.1) is 10.1 Å². The highest BCUT2D eigenvalue weighted by Gasteiger charge is 2.31. The van der Waals surface area contributed by atoms with Gasteiger partial charge in [0, 0.05) is 12.1 Å². The molecule has 0 aliphatic carbocycles. The summed E-state index contributed by atoms with van der Waals surface area (Å²) in [5.41, 5.74) is 2.40. The lowest BCUT2D eigenvalue weighted by Crippen LogP contribution is -2.36. The number of nitro benzene ring substituents is 1. The normalized spacial score (nSPS) is 10.8. The lowest BCUT2D eigenvalue weighted by atomic mass is 10.2. The van der Waals surface area contributed by atoms with E-state index in [1.807, 2.05) is 5.43 Å². The Bertz CT molecular complexity index is 984. The molecule has 1 amide bonds. The number of hydrazine groups is 1. The number of nitro groups is 1. The molecule has 0 saturated heterocycles. The van der Waals surface area contributed by atoms with Gasteiger partial charge in [-0.05, 0) is 31.2 Å². The van der Waals surface area contributed by atoms with Gasteiger partial charge in [0.05, 0.1) is 22.1 Å². The van der Waals surface area contributed by atoms with Crippen LogP contribution in [0.4, 0.5) is 24.5 Å². The first kappa shape index (κ1) is 22.7. The quantitative estimate of drug-likeness (QED) is 0.296. The minimum Gasteiger partial charge on any atom is -0.459 e. The molecule has 0 bridgehead atoms. The SMILES string of the molecule is CCOC(=O)C(=O)NNc1cc(Oc2ccc(C(F)(F)F)cc2Cl)ccc1[N+](=O)[O-]. The van der Waals surface area contributed by atoms with Gasteiger partial charge in [-0.3, -0.25) is 25.8 Å². The third kappa shape index (κ3) is 5.73. The predicted molar refractivity (Wildman–Crippen MR) is 98.0 cm³/mol. The van der Waals surface area contributed by atoms with E-state index in [0.717, 1.165) is 24.3 Å². The van der Waals surface area contributed by atoms with Crippen molar-refractivity contribution in [2.75, 3.05) is 12.0 Å². The third-order valence-electron chi connectivity index (χ3n) is 3.42. The smallest absolute Gasteiger partial charge is 0.416 e. The number of halogens is 4. The van der Waals surface area contributed by atoms with Crippen LogP contribution in [0.3, 0.4) is 0 Å². The van der Waals surface area contributed by atoms with Crippen LogP contribution in [0.2, 0.25) is 5.02 Å². The van der Waals surface area contributed by atoms with E-state index in [1.54, 1.807) is 0 Å². The van der Waals surface area contributed by atoms with E-state index in [2.05, 4.69) is 10.2 Å². The molecule has 2 rings (SSSR count). The van der Waals surface area contributed by atoms with E-state index < -0.39 is 34.2 Å². The molecule has 0 atom stereocenters. The molecule has 0 spiro atoms. The zero-order chi connectivity index (χ0) is 22.5. The summed E-state index contributed by atoms with van der Waals surface area (Å²) in [4.78, 5) is 33.2. The summed E-state index contributed by atoms with van der Waals surface area (Å²) < 4.78 is 48.0. The molecule has 0 aliphatic rings. The molecule has 0 heterocycles. The number of carbonyl (C=O) groups is 2. The number of nitrogens with one attached hydrogen (secondary N) is 2. The van der Waals surface area contributed by atoms with E-state index in [9.17, 15) is 32.9 Å². The lowest BCUT2D eigenvalue weighted by Gasteiger charge is -2.13. The number of anilines is 1. The molecule has 2 aromatic carbocycles. The van der Waals surface area contributed by atoms with E-state index in [4.69, 9.17) is 16.3 Å². The minimum absolute atomic E-state index is 0.0462. The largest absolute Gasteiger partial charge is 0.459 e. The highest BCUT2D eigenvalue weighted by molar-refractivity contribution is 6.32. The van der Waals surface area contributed by atoms with Crippen LogP contribution < -0.4 is 15.6 Å². The monoisotopic (exact) mass is 447 g/mol. The fourth-order valence-electron chi connectivity index (χ4n) is 2.10. The van der Waals surface area contributed by atoms with Gasteiger partial charge < -0.3 is 9.47 Å². The van der Waals surface area contributed by atoms with Crippen molar-refractivity contribution < 1.29 is 37.2 Å². The lowest BCUT2D eigenvalue weighted by molar-refractivity contribution is -0.384. The van der Waals surface area contributed by atoms with Crippen LogP contribution in [0.5, 0.6) is 11.5 Å². The topological polar surface area (TPSA) is 120 Å². The first-order valence-corrected chi connectivity index (χ1v) is 8.47. The number of rotatable bonds is 6. The van der Waals surface area contributed by atoms with Gasteiger partial charge in [-0.25, -0.2) is 4.79 Å². The second kappa shape index (κ2) is 9.31. The number of amides is 1. The number of benzene rings is 2. The van der Waals surface area contributed by atoms with Crippen LogP contribution in [-0.2, 0) is 20.5 Å². The maximum Gasteiger partial charge on any atom is 0.416 e. The summed E-state index contributed by atoms with van der Waals surface area (Å²) in [6, 6.07) is 5.68. The van der Waals surface area contributed by atoms with E-state index in [1.165, 1.54) is 13.0 Å². The molecule has 2 aromatic rings. The zero-order valence-corrected chi connectivity index (χ0v) is 15.8. The number of hydrogen-bond acceptors (Lipinski definition) is 7. The molecule has 0 aromatic heterocycles. The Morgan fingerprint density at radius 3 is 2.47 bits per heavy atom. The zero-order valence-electron chi connectivity index (χ0n) is 15.1. The molecule has 13 heteroatoms. The van der Waals surface area contributed by atoms with E-state index >= 15 is 0 Å². The molecule has 30 heavy (non-hydrogen) atoms. The standard InChI is InChI=1S/C17H13ClF3N3O6/c1-2-29-16(26)15(25)23-22-12-8-10(4-5-13(12)24(27)28)30-14-6-3-9(7-11(14)18)17(19,20)21/h3-8,22H,2H2,1H3,(H,23,25). The van der Waals surface area contributed by atoms with Gasteiger partial charge >= 0.3 is 18.1 Å². The molecule has 0 unspecified atom stereocenters. The van der Waals surface area contributed by atoms with Crippen LogP contribution >= 0.6 is 11.6 Å². The van der Waals surface area contributed by atoms with Crippen molar-refractivity contribution in [2.45, 2.75) is 13.1 Å². The van der Waals surface area contributed by atoms with Gasteiger partial charge in [0.2, 0.25) is 0 Å². The van der Waals surface area contributed by atoms with Crippen molar-refractivity contribution in [3.63, 3.8) is 0 Å². The van der Waals surface area contributed by atoms with Crippen LogP contribution in [-0.4, -0.2) is 23.4 Å². The molecule has 160 valence electrons.